The Kier molecular flexibility index (Phi) is 4.77. The van der Waals surface area contributed by atoms with Gasteiger partial charge in [-0.05, 0) is 43.2 Å². The highest BCUT2D eigenvalue weighted by Crippen LogP contribution is 2.30. The van der Waals surface area contributed by atoms with Crippen LogP contribution in [-0.4, -0.2) is 19.6 Å². The van der Waals surface area contributed by atoms with Crippen LogP contribution in [0.4, 0.5) is 5.69 Å². The van der Waals surface area contributed by atoms with E-state index in [0.29, 0.717) is 29.5 Å². The number of rotatable bonds is 4. The van der Waals surface area contributed by atoms with Crippen molar-refractivity contribution in [3.05, 3.63) is 70.6 Å². The summed E-state index contributed by atoms with van der Waals surface area (Å²) in [4.78, 5) is 24.9. The molecule has 28 heavy (non-hydrogen) atoms. The van der Waals surface area contributed by atoms with E-state index in [1.54, 1.807) is 42.5 Å². The zero-order valence-corrected chi connectivity index (χ0v) is 15.9. The summed E-state index contributed by atoms with van der Waals surface area (Å²) in [6.07, 6.45) is 3.17. The van der Waals surface area contributed by atoms with Gasteiger partial charge in [-0.1, -0.05) is 31.0 Å². The molecule has 3 aromatic rings. The highest BCUT2D eigenvalue weighted by atomic mass is 32.2. The average molecular weight is 397 g/mol. The van der Waals surface area contributed by atoms with Crippen LogP contribution in [0.3, 0.4) is 0 Å². The SMILES string of the molecule is O=C(Nc1cccc(S(=O)(=O)C2CCCC2)c1)c1cc(=O)c2ccccc2o1. The monoisotopic (exact) mass is 397 g/mol. The zero-order valence-electron chi connectivity index (χ0n) is 15.1. The number of hydrogen-bond acceptors (Lipinski definition) is 5. The minimum absolute atomic E-state index is 0.132. The third-order valence-electron chi connectivity index (χ3n) is 5.02. The summed E-state index contributed by atoms with van der Waals surface area (Å²) in [5.41, 5.74) is 0.335. The van der Waals surface area contributed by atoms with Gasteiger partial charge in [-0.15, -0.1) is 0 Å². The Bertz CT molecular complexity index is 1210. The molecule has 1 aromatic heterocycles. The maximum atomic E-state index is 12.8. The first-order valence-corrected chi connectivity index (χ1v) is 10.7. The number of carbonyl (C=O) groups excluding carboxylic acids is 1. The molecule has 144 valence electrons. The van der Waals surface area contributed by atoms with Crippen LogP contribution < -0.4 is 10.7 Å². The maximum absolute atomic E-state index is 12.8. The van der Waals surface area contributed by atoms with E-state index in [1.807, 2.05) is 0 Å². The summed E-state index contributed by atoms with van der Waals surface area (Å²) in [5.74, 6) is -0.744. The summed E-state index contributed by atoms with van der Waals surface area (Å²) in [6, 6.07) is 14.0. The molecule has 1 amide bonds. The zero-order chi connectivity index (χ0) is 19.7. The lowest BCUT2D eigenvalue weighted by Gasteiger charge is -2.12. The molecule has 4 rings (SSSR count). The number of carbonyl (C=O) groups is 1. The fourth-order valence-corrected chi connectivity index (χ4v) is 5.45. The highest BCUT2D eigenvalue weighted by Gasteiger charge is 2.30. The van der Waals surface area contributed by atoms with Crippen molar-refractivity contribution >= 4 is 32.4 Å². The van der Waals surface area contributed by atoms with Gasteiger partial charge in [-0.25, -0.2) is 8.42 Å². The molecule has 0 bridgehead atoms. The molecule has 0 unspecified atom stereocenters. The third kappa shape index (κ3) is 3.45. The second-order valence-electron chi connectivity index (χ2n) is 6.90. The predicted octanol–water partition coefficient (Wildman–Crippen LogP) is 3.76. The summed E-state index contributed by atoms with van der Waals surface area (Å²) in [6.45, 7) is 0. The quantitative estimate of drug-likeness (QED) is 0.723. The van der Waals surface area contributed by atoms with E-state index in [-0.39, 0.29) is 21.3 Å². The van der Waals surface area contributed by atoms with E-state index in [4.69, 9.17) is 4.42 Å². The Morgan fingerprint density at radius 3 is 2.54 bits per heavy atom. The van der Waals surface area contributed by atoms with Gasteiger partial charge in [0, 0.05) is 11.8 Å². The van der Waals surface area contributed by atoms with Crippen LogP contribution in [0.15, 0.2) is 68.7 Å². The van der Waals surface area contributed by atoms with Crippen molar-refractivity contribution in [2.75, 3.05) is 5.32 Å². The number of fused-ring (bicyclic) bond motifs is 1. The summed E-state index contributed by atoms with van der Waals surface area (Å²) >= 11 is 0. The van der Waals surface area contributed by atoms with Gasteiger partial charge >= 0.3 is 0 Å². The van der Waals surface area contributed by atoms with Gasteiger partial charge < -0.3 is 9.73 Å². The summed E-state index contributed by atoms with van der Waals surface area (Å²) < 4.78 is 31.0. The van der Waals surface area contributed by atoms with E-state index < -0.39 is 15.7 Å². The van der Waals surface area contributed by atoms with Crippen LogP contribution in [0, 0.1) is 0 Å². The maximum Gasteiger partial charge on any atom is 0.291 e. The van der Waals surface area contributed by atoms with Crippen LogP contribution in [0.2, 0.25) is 0 Å². The smallest absolute Gasteiger partial charge is 0.291 e. The Labute approximate surface area is 162 Å². The highest BCUT2D eigenvalue weighted by molar-refractivity contribution is 7.92. The molecule has 2 aromatic carbocycles. The van der Waals surface area contributed by atoms with Gasteiger partial charge in [0.25, 0.3) is 5.91 Å². The largest absolute Gasteiger partial charge is 0.451 e. The number of anilines is 1. The molecule has 1 aliphatic rings. The molecule has 7 heteroatoms. The standard InChI is InChI=1S/C21H19NO5S/c23-18-13-20(27-19-11-4-3-10-17(18)19)21(24)22-14-6-5-9-16(12-14)28(25,26)15-7-1-2-8-15/h3-6,9-13,15H,1-2,7-8H2,(H,22,24). The molecular weight excluding hydrogens is 378 g/mol. The molecular formula is C21H19NO5S. The molecule has 0 aliphatic heterocycles. The third-order valence-corrected chi connectivity index (χ3v) is 7.28. The molecule has 0 radical (unpaired) electrons. The number of nitrogens with one attached hydrogen (secondary N) is 1. The lowest BCUT2D eigenvalue weighted by Crippen LogP contribution is -2.18. The van der Waals surface area contributed by atoms with E-state index in [9.17, 15) is 18.0 Å². The van der Waals surface area contributed by atoms with Gasteiger partial charge in [0.15, 0.2) is 21.0 Å². The van der Waals surface area contributed by atoms with E-state index in [0.717, 1.165) is 18.9 Å². The molecule has 1 heterocycles. The average Bonchev–Trinajstić information content (AvgIpc) is 3.24. The first-order valence-electron chi connectivity index (χ1n) is 9.13. The van der Waals surface area contributed by atoms with Crippen molar-refractivity contribution in [3.8, 4) is 0 Å². The Balaban J connectivity index is 1.61. The second-order valence-corrected chi connectivity index (χ2v) is 9.13. The first-order chi connectivity index (χ1) is 13.4. The molecule has 0 saturated heterocycles. The fourth-order valence-electron chi connectivity index (χ4n) is 3.55. The van der Waals surface area contributed by atoms with Gasteiger partial charge in [0.2, 0.25) is 0 Å². The summed E-state index contributed by atoms with van der Waals surface area (Å²) in [5, 5.41) is 2.65. The Morgan fingerprint density at radius 1 is 1.00 bits per heavy atom. The van der Waals surface area contributed by atoms with Crippen molar-refractivity contribution in [2.24, 2.45) is 0 Å². The van der Waals surface area contributed by atoms with Crippen molar-refractivity contribution < 1.29 is 17.6 Å². The molecule has 0 atom stereocenters. The van der Waals surface area contributed by atoms with Gasteiger partial charge in [-0.2, -0.15) is 0 Å². The minimum atomic E-state index is -3.42. The molecule has 1 aliphatic carbocycles. The fraction of sp³-hybridized carbons (Fsp3) is 0.238. The predicted molar refractivity (Wildman–Crippen MR) is 106 cm³/mol. The molecule has 1 fully saturated rings. The first kappa shape index (κ1) is 18.4. The lowest BCUT2D eigenvalue weighted by molar-refractivity contribution is 0.0997. The van der Waals surface area contributed by atoms with Gasteiger partial charge in [0.1, 0.15) is 5.58 Å². The molecule has 6 nitrogen and oxygen atoms in total. The van der Waals surface area contributed by atoms with Crippen LogP contribution in [-0.2, 0) is 9.84 Å². The van der Waals surface area contributed by atoms with Crippen molar-refractivity contribution in [2.45, 2.75) is 35.8 Å². The van der Waals surface area contributed by atoms with E-state index in [2.05, 4.69) is 5.32 Å². The second kappa shape index (κ2) is 7.24. The lowest BCUT2D eigenvalue weighted by atomic mass is 10.2. The van der Waals surface area contributed by atoms with Gasteiger partial charge in [-0.3, -0.25) is 9.59 Å². The van der Waals surface area contributed by atoms with Crippen LogP contribution >= 0.6 is 0 Å². The van der Waals surface area contributed by atoms with Crippen LogP contribution in [0.25, 0.3) is 11.0 Å². The normalized spacial score (nSPS) is 15.0. The topological polar surface area (TPSA) is 93.5 Å². The number of benzene rings is 2. The van der Waals surface area contributed by atoms with E-state index >= 15 is 0 Å². The summed E-state index contributed by atoms with van der Waals surface area (Å²) in [7, 11) is -3.42. The molecule has 1 N–H and O–H groups in total. The van der Waals surface area contributed by atoms with Crippen molar-refractivity contribution in [1.29, 1.82) is 0 Å². The van der Waals surface area contributed by atoms with Crippen LogP contribution in [0.1, 0.15) is 36.2 Å². The van der Waals surface area contributed by atoms with E-state index in [1.165, 1.54) is 6.07 Å². The van der Waals surface area contributed by atoms with Crippen LogP contribution in [0.5, 0.6) is 0 Å². The molecule has 1 saturated carbocycles. The van der Waals surface area contributed by atoms with Crippen molar-refractivity contribution in [3.63, 3.8) is 0 Å². The Hall–Kier alpha value is -2.93. The number of amides is 1. The number of hydrogen-bond donors (Lipinski definition) is 1. The number of sulfone groups is 1. The van der Waals surface area contributed by atoms with Gasteiger partial charge in [0.05, 0.1) is 15.5 Å². The Morgan fingerprint density at radius 2 is 1.75 bits per heavy atom. The van der Waals surface area contributed by atoms with Crippen molar-refractivity contribution in [1.82, 2.24) is 0 Å². The molecule has 0 spiro atoms. The minimum Gasteiger partial charge on any atom is -0.451 e. The number of para-hydroxylation sites is 1.